The minimum atomic E-state index is -1.04. The summed E-state index contributed by atoms with van der Waals surface area (Å²) in [7, 11) is 3.94. The normalized spacial score (nSPS) is 14.2. The highest BCUT2D eigenvalue weighted by molar-refractivity contribution is 5.80. The van der Waals surface area contributed by atoms with Crippen LogP contribution in [0.1, 0.15) is 31.4 Å². The van der Waals surface area contributed by atoms with E-state index in [-0.39, 0.29) is 0 Å². The molecular weight excluding hydrogens is 252 g/mol. The number of carboxylic acids is 1. The summed E-state index contributed by atoms with van der Waals surface area (Å²) in [6, 6.07) is 7.88. The molecule has 0 spiro atoms. The molecule has 1 unspecified atom stereocenters. The molecule has 0 aromatic heterocycles. The van der Waals surface area contributed by atoms with Gasteiger partial charge in [0.25, 0.3) is 0 Å². The first-order valence-corrected chi connectivity index (χ1v) is 7.12. The van der Waals surface area contributed by atoms with Gasteiger partial charge < -0.3 is 10.0 Å². The maximum absolute atomic E-state index is 11.6. The van der Waals surface area contributed by atoms with Gasteiger partial charge in [-0.3, -0.25) is 5.32 Å². The number of likely N-dealkylation sites (N-methyl/N-ethyl adjacent to an activating group) is 1. The largest absolute Gasteiger partial charge is 0.480 e. The highest BCUT2D eigenvalue weighted by Crippen LogP contribution is 2.22. The first kappa shape index (κ1) is 16.7. The van der Waals surface area contributed by atoms with E-state index in [2.05, 4.69) is 12.2 Å². The minimum Gasteiger partial charge on any atom is -0.480 e. The van der Waals surface area contributed by atoms with Gasteiger partial charge in [-0.15, -0.1) is 0 Å². The van der Waals surface area contributed by atoms with Gasteiger partial charge in [0.05, 0.1) is 0 Å². The number of aryl methyl sites for hydroxylation is 1. The van der Waals surface area contributed by atoms with Crippen molar-refractivity contribution in [3.8, 4) is 0 Å². The van der Waals surface area contributed by atoms with Gasteiger partial charge in [0.2, 0.25) is 0 Å². The van der Waals surface area contributed by atoms with Crippen molar-refractivity contribution >= 4 is 5.97 Å². The first-order valence-electron chi connectivity index (χ1n) is 7.12. The van der Waals surface area contributed by atoms with Crippen LogP contribution >= 0.6 is 0 Å². The van der Waals surface area contributed by atoms with Crippen LogP contribution in [0.4, 0.5) is 0 Å². The fraction of sp³-hybridized carbons (Fsp3) is 0.562. The predicted molar refractivity (Wildman–Crippen MR) is 82.0 cm³/mol. The quantitative estimate of drug-likeness (QED) is 0.764. The summed E-state index contributed by atoms with van der Waals surface area (Å²) < 4.78 is 0. The lowest BCUT2D eigenvalue weighted by atomic mass is 9.91. The Labute approximate surface area is 121 Å². The molecule has 0 bridgehead atoms. The summed E-state index contributed by atoms with van der Waals surface area (Å²) in [6.07, 6.45) is 2.12. The summed E-state index contributed by atoms with van der Waals surface area (Å²) in [4.78, 5) is 13.7. The molecule has 0 heterocycles. The molecule has 112 valence electrons. The summed E-state index contributed by atoms with van der Waals surface area (Å²) >= 11 is 0. The second-order valence-corrected chi connectivity index (χ2v) is 5.61. The number of carbonyl (C=O) groups is 1. The number of nitrogens with zero attached hydrogens (tertiary/aromatic N) is 1. The SMILES string of the molecule is CCCc1ccc(C(C)(NCCN(C)C)C(=O)O)cc1. The van der Waals surface area contributed by atoms with Crippen LogP contribution in [-0.2, 0) is 16.8 Å². The van der Waals surface area contributed by atoms with Gasteiger partial charge in [0, 0.05) is 13.1 Å². The third-order valence-electron chi connectivity index (χ3n) is 3.54. The van der Waals surface area contributed by atoms with Gasteiger partial charge in [-0.2, -0.15) is 0 Å². The third kappa shape index (κ3) is 4.32. The van der Waals surface area contributed by atoms with Gasteiger partial charge in [-0.05, 0) is 38.6 Å². The predicted octanol–water partition coefficient (Wildman–Crippen LogP) is 2.09. The Balaban J connectivity index is 2.85. The zero-order valence-electron chi connectivity index (χ0n) is 12.9. The number of hydrogen-bond donors (Lipinski definition) is 2. The number of carboxylic acid groups (broad SMARTS) is 1. The Kier molecular flexibility index (Phi) is 6.17. The molecule has 1 aromatic carbocycles. The minimum absolute atomic E-state index is 0.631. The lowest BCUT2D eigenvalue weighted by Gasteiger charge is -2.28. The molecule has 2 N–H and O–H groups in total. The van der Waals surface area contributed by atoms with Gasteiger partial charge >= 0.3 is 5.97 Å². The Hall–Kier alpha value is -1.39. The van der Waals surface area contributed by atoms with Gasteiger partial charge in [-0.1, -0.05) is 37.6 Å². The molecule has 0 saturated carbocycles. The van der Waals surface area contributed by atoms with Crippen LogP contribution in [0.2, 0.25) is 0 Å². The highest BCUT2D eigenvalue weighted by atomic mass is 16.4. The summed E-state index contributed by atoms with van der Waals surface area (Å²) in [5.41, 5.74) is 1.00. The van der Waals surface area contributed by atoms with E-state index in [0.717, 1.165) is 24.9 Å². The monoisotopic (exact) mass is 278 g/mol. The van der Waals surface area contributed by atoms with E-state index in [1.807, 2.05) is 43.3 Å². The van der Waals surface area contributed by atoms with Crippen molar-refractivity contribution in [2.45, 2.75) is 32.2 Å². The van der Waals surface area contributed by atoms with Gasteiger partial charge in [-0.25, -0.2) is 4.79 Å². The number of rotatable bonds is 8. The van der Waals surface area contributed by atoms with Crippen molar-refractivity contribution in [3.63, 3.8) is 0 Å². The van der Waals surface area contributed by atoms with Crippen molar-refractivity contribution < 1.29 is 9.90 Å². The number of nitrogens with one attached hydrogen (secondary N) is 1. The van der Waals surface area contributed by atoms with E-state index in [1.165, 1.54) is 5.56 Å². The molecule has 0 aliphatic heterocycles. The van der Waals surface area contributed by atoms with Crippen molar-refractivity contribution in [2.75, 3.05) is 27.2 Å². The molecule has 4 heteroatoms. The van der Waals surface area contributed by atoms with Crippen LogP contribution in [0.5, 0.6) is 0 Å². The third-order valence-corrected chi connectivity index (χ3v) is 3.54. The molecule has 1 atom stereocenters. The van der Waals surface area contributed by atoms with E-state index < -0.39 is 11.5 Å². The zero-order chi connectivity index (χ0) is 15.2. The fourth-order valence-electron chi connectivity index (χ4n) is 2.12. The number of aliphatic carboxylic acids is 1. The highest BCUT2D eigenvalue weighted by Gasteiger charge is 2.34. The molecule has 0 aliphatic carbocycles. The van der Waals surface area contributed by atoms with Crippen LogP contribution in [0, 0.1) is 0 Å². The van der Waals surface area contributed by atoms with Crippen LogP contribution in [0.25, 0.3) is 0 Å². The molecule has 1 aromatic rings. The van der Waals surface area contributed by atoms with E-state index in [9.17, 15) is 9.90 Å². The fourth-order valence-corrected chi connectivity index (χ4v) is 2.12. The molecular formula is C16H26N2O2. The molecule has 0 aliphatic rings. The zero-order valence-corrected chi connectivity index (χ0v) is 12.9. The van der Waals surface area contributed by atoms with Gasteiger partial charge in [0.15, 0.2) is 0 Å². The van der Waals surface area contributed by atoms with E-state index >= 15 is 0 Å². The number of benzene rings is 1. The Morgan fingerprint density at radius 3 is 2.35 bits per heavy atom. The van der Waals surface area contributed by atoms with Crippen molar-refractivity contribution in [1.82, 2.24) is 10.2 Å². The Morgan fingerprint density at radius 1 is 1.30 bits per heavy atom. The summed E-state index contributed by atoms with van der Waals surface area (Å²) in [5.74, 6) is -0.848. The topological polar surface area (TPSA) is 52.6 Å². The molecule has 0 amide bonds. The summed E-state index contributed by atoms with van der Waals surface area (Å²) in [5, 5.41) is 12.7. The van der Waals surface area contributed by atoms with Crippen molar-refractivity contribution in [3.05, 3.63) is 35.4 Å². The molecule has 0 saturated heterocycles. The first-order chi connectivity index (χ1) is 9.40. The maximum Gasteiger partial charge on any atom is 0.328 e. The second kappa shape index (κ2) is 7.41. The Bertz CT molecular complexity index is 429. The van der Waals surface area contributed by atoms with Crippen LogP contribution in [0.3, 0.4) is 0 Å². The molecule has 0 fully saturated rings. The molecule has 4 nitrogen and oxygen atoms in total. The van der Waals surface area contributed by atoms with Crippen molar-refractivity contribution in [1.29, 1.82) is 0 Å². The lowest BCUT2D eigenvalue weighted by Crippen LogP contribution is -2.48. The average molecular weight is 278 g/mol. The molecule has 20 heavy (non-hydrogen) atoms. The lowest BCUT2D eigenvalue weighted by molar-refractivity contribution is -0.144. The number of hydrogen-bond acceptors (Lipinski definition) is 3. The average Bonchev–Trinajstić information content (AvgIpc) is 2.39. The standard InChI is InChI=1S/C16H26N2O2/c1-5-6-13-7-9-14(10-8-13)16(2,15(19)20)17-11-12-18(3)4/h7-10,17H,5-6,11-12H2,1-4H3,(H,19,20). The smallest absolute Gasteiger partial charge is 0.328 e. The van der Waals surface area contributed by atoms with Gasteiger partial charge in [0.1, 0.15) is 5.54 Å². The van der Waals surface area contributed by atoms with Crippen LogP contribution in [0.15, 0.2) is 24.3 Å². The molecule has 1 rings (SSSR count). The van der Waals surface area contributed by atoms with Crippen LogP contribution < -0.4 is 5.32 Å². The van der Waals surface area contributed by atoms with E-state index in [0.29, 0.717) is 6.54 Å². The summed E-state index contributed by atoms with van der Waals surface area (Å²) in [6.45, 7) is 5.29. The molecule has 0 radical (unpaired) electrons. The maximum atomic E-state index is 11.6. The van der Waals surface area contributed by atoms with E-state index in [1.54, 1.807) is 6.92 Å². The van der Waals surface area contributed by atoms with Crippen LogP contribution in [-0.4, -0.2) is 43.2 Å². The Morgan fingerprint density at radius 2 is 1.90 bits per heavy atom. The van der Waals surface area contributed by atoms with E-state index in [4.69, 9.17) is 0 Å². The van der Waals surface area contributed by atoms with Crippen molar-refractivity contribution in [2.24, 2.45) is 0 Å². The second-order valence-electron chi connectivity index (χ2n) is 5.61.